The molecule has 0 amide bonds. The number of ether oxygens (including phenoxy) is 1. The van der Waals surface area contributed by atoms with Gasteiger partial charge in [-0.2, -0.15) is 0 Å². The fourth-order valence-electron chi connectivity index (χ4n) is 3.82. The largest absolute Gasteiger partial charge is 0.381 e. The minimum absolute atomic E-state index is 0. The molecule has 0 radical (unpaired) electrons. The first-order chi connectivity index (χ1) is 14.4. The molecule has 1 aliphatic rings. The molecule has 2 aromatic carbocycles. The van der Waals surface area contributed by atoms with E-state index >= 15 is 0 Å². The molecule has 1 fully saturated rings. The highest BCUT2D eigenvalue weighted by atomic mass is 127. The maximum Gasteiger partial charge on any atom is 0.191 e. The molecule has 31 heavy (non-hydrogen) atoms. The van der Waals surface area contributed by atoms with Crippen LogP contribution in [0.25, 0.3) is 0 Å². The predicted octanol–water partition coefficient (Wildman–Crippen LogP) is 3.16. The predicted molar refractivity (Wildman–Crippen MR) is 136 cm³/mol. The molecule has 0 atom stereocenters. The first-order valence-electron chi connectivity index (χ1n) is 10.3. The Balaban J connectivity index is 0.00000341. The van der Waals surface area contributed by atoms with Crippen LogP contribution in [-0.2, 0) is 26.4 Å². The zero-order chi connectivity index (χ0) is 21.5. The first-order valence-corrected chi connectivity index (χ1v) is 12.2. The summed E-state index contributed by atoms with van der Waals surface area (Å²) in [7, 11) is -1.38. The van der Waals surface area contributed by atoms with E-state index in [0.29, 0.717) is 11.4 Å². The van der Waals surface area contributed by atoms with Crippen molar-refractivity contribution in [3.05, 3.63) is 65.7 Å². The quantitative estimate of drug-likeness (QED) is 0.311. The molecule has 0 unspecified atom stereocenters. The second-order valence-electron chi connectivity index (χ2n) is 7.78. The lowest BCUT2D eigenvalue weighted by molar-refractivity contribution is 0.0514. The fraction of sp³-hybridized carbons (Fsp3) is 0.435. The number of guanidine groups is 1. The second-order valence-corrected chi connectivity index (χ2v) is 9.79. The Morgan fingerprint density at radius 3 is 2.26 bits per heavy atom. The number of nitrogens with zero attached hydrogens (tertiary/aromatic N) is 1. The summed E-state index contributed by atoms with van der Waals surface area (Å²) < 4.78 is 28.8. The fourth-order valence-corrected chi connectivity index (χ4v) is 4.45. The molecule has 1 aliphatic heterocycles. The molecule has 1 heterocycles. The Kier molecular flexibility index (Phi) is 9.77. The van der Waals surface area contributed by atoms with Crippen LogP contribution in [0.2, 0.25) is 0 Å². The van der Waals surface area contributed by atoms with Crippen LogP contribution in [0.15, 0.2) is 64.5 Å². The summed E-state index contributed by atoms with van der Waals surface area (Å²) in [4.78, 5) is 4.71. The Morgan fingerprint density at radius 2 is 1.68 bits per heavy atom. The van der Waals surface area contributed by atoms with E-state index in [2.05, 4.69) is 39.9 Å². The summed E-state index contributed by atoms with van der Waals surface area (Å²) in [5, 5.41) is 6.86. The lowest BCUT2D eigenvalue weighted by atomic mass is 9.74. The summed E-state index contributed by atoms with van der Waals surface area (Å²) >= 11 is 0. The minimum atomic E-state index is -3.16. The van der Waals surface area contributed by atoms with Crippen LogP contribution in [0.3, 0.4) is 0 Å². The van der Waals surface area contributed by atoms with Gasteiger partial charge in [-0.15, -0.1) is 24.0 Å². The van der Waals surface area contributed by atoms with Gasteiger partial charge in [-0.3, -0.25) is 4.99 Å². The number of hydrogen-bond acceptors (Lipinski definition) is 4. The molecule has 2 N–H and O–H groups in total. The van der Waals surface area contributed by atoms with Crippen molar-refractivity contribution in [1.82, 2.24) is 10.6 Å². The summed E-state index contributed by atoms with van der Waals surface area (Å²) in [6, 6.07) is 17.7. The monoisotopic (exact) mass is 557 g/mol. The zero-order valence-corrected chi connectivity index (χ0v) is 21.3. The van der Waals surface area contributed by atoms with Gasteiger partial charge in [0.1, 0.15) is 0 Å². The van der Waals surface area contributed by atoms with Crippen molar-refractivity contribution in [1.29, 1.82) is 0 Å². The van der Waals surface area contributed by atoms with Crippen molar-refractivity contribution >= 4 is 39.8 Å². The van der Waals surface area contributed by atoms with Crippen molar-refractivity contribution < 1.29 is 13.2 Å². The lowest BCUT2D eigenvalue weighted by Crippen LogP contribution is -2.48. The molecule has 0 bridgehead atoms. The van der Waals surface area contributed by atoms with Gasteiger partial charge < -0.3 is 15.4 Å². The Bertz CT molecular complexity index is 942. The number of rotatable bonds is 7. The van der Waals surface area contributed by atoms with Crippen molar-refractivity contribution in [2.45, 2.75) is 29.6 Å². The molecule has 0 spiro atoms. The average molecular weight is 557 g/mol. The van der Waals surface area contributed by atoms with E-state index in [1.807, 2.05) is 18.2 Å². The molecule has 2 aromatic rings. The molecule has 8 heteroatoms. The highest BCUT2D eigenvalue weighted by Crippen LogP contribution is 2.34. The number of nitrogens with one attached hydrogen (secondary N) is 2. The number of halogens is 1. The van der Waals surface area contributed by atoms with Crippen LogP contribution in [0.1, 0.15) is 24.0 Å². The highest BCUT2D eigenvalue weighted by Gasteiger charge is 2.34. The van der Waals surface area contributed by atoms with Crippen LogP contribution in [0.5, 0.6) is 0 Å². The maximum absolute atomic E-state index is 11.6. The maximum atomic E-state index is 11.6. The SMILES string of the molecule is CN=C(NCCc1ccc(S(C)(=O)=O)cc1)NCC1(c2ccccc2)CCOCC1.I. The van der Waals surface area contributed by atoms with Crippen molar-refractivity contribution in [3.63, 3.8) is 0 Å². The van der Waals surface area contributed by atoms with Crippen LogP contribution in [0.4, 0.5) is 0 Å². The Morgan fingerprint density at radius 1 is 1.03 bits per heavy atom. The van der Waals surface area contributed by atoms with Gasteiger partial charge in [0.2, 0.25) is 0 Å². The Hall–Kier alpha value is -1.65. The zero-order valence-electron chi connectivity index (χ0n) is 18.1. The normalized spacial score (nSPS) is 16.3. The molecule has 3 rings (SSSR count). The van der Waals surface area contributed by atoms with Crippen LogP contribution < -0.4 is 10.6 Å². The summed E-state index contributed by atoms with van der Waals surface area (Å²) in [5.41, 5.74) is 2.45. The molecular formula is C23H32IN3O3S. The van der Waals surface area contributed by atoms with E-state index in [-0.39, 0.29) is 29.4 Å². The van der Waals surface area contributed by atoms with Gasteiger partial charge in [-0.1, -0.05) is 42.5 Å². The molecule has 0 saturated carbocycles. The number of hydrogen-bond donors (Lipinski definition) is 2. The average Bonchev–Trinajstić information content (AvgIpc) is 2.77. The second kappa shape index (κ2) is 11.8. The summed E-state index contributed by atoms with van der Waals surface area (Å²) in [6.45, 7) is 3.04. The third-order valence-corrected chi connectivity index (χ3v) is 6.84. The summed E-state index contributed by atoms with van der Waals surface area (Å²) in [6.07, 6.45) is 3.96. The van der Waals surface area contributed by atoms with Gasteiger partial charge in [-0.05, 0) is 42.5 Å². The highest BCUT2D eigenvalue weighted by molar-refractivity contribution is 14.0. The first kappa shape index (κ1) is 25.6. The number of benzene rings is 2. The minimum Gasteiger partial charge on any atom is -0.381 e. The van der Waals surface area contributed by atoms with E-state index in [4.69, 9.17) is 4.74 Å². The van der Waals surface area contributed by atoms with Gasteiger partial charge in [0.05, 0.1) is 4.90 Å². The molecular weight excluding hydrogens is 525 g/mol. The van der Waals surface area contributed by atoms with Gasteiger partial charge in [0.15, 0.2) is 15.8 Å². The standard InChI is InChI=1S/C23H31N3O3S.HI/c1-24-22(25-15-12-19-8-10-21(11-9-19)30(2,27)28)26-18-23(13-16-29-17-14-23)20-6-4-3-5-7-20;/h3-11H,12-18H2,1-2H3,(H2,24,25,26);1H. The molecule has 1 saturated heterocycles. The topological polar surface area (TPSA) is 79.8 Å². The van der Waals surface area contributed by atoms with E-state index < -0.39 is 9.84 Å². The van der Waals surface area contributed by atoms with Gasteiger partial charge in [-0.25, -0.2) is 8.42 Å². The van der Waals surface area contributed by atoms with E-state index in [9.17, 15) is 8.42 Å². The van der Waals surface area contributed by atoms with E-state index in [0.717, 1.165) is 50.5 Å². The van der Waals surface area contributed by atoms with Crippen LogP contribution in [0, 0.1) is 0 Å². The smallest absolute Gasteiger partial charge is 0.191 e. The van der Waals surface area contributed by atoms with Crippen LogP contribution >= 0.6 is 24.0 Å². The van der Waals surface area contributed by atoms with Crippen LogP contribution in [-0.4, -0.2) is 54.0 Å². The van der Waals surface area contributed by atoms with E-state index in [1.165, 1.54) is 11.8 Å². The molecule has 170 valence electrons. The third kappa shape index (κ3) is 7.18. The van der Waals surface area contributed by atoms with Crippen molar-refractivity contribution in [2.75, 3.05) is 39.6 Å². The van der Waals surface area contributed by atoms with Gasteiger partial charge in [0, 0.05) is 45.0 Å². The lowest BCUT2D eigenvalue weighted by Gasteiger charge is -2.38. The molecule has 0 aliphatic carbocycles. The number of aliphatic imine (C=N–C) groups is 1. The number of sulfone groups is 1. The molecule has 0 aromatic heterocycles. The van der Waals surface area contributed by atoms with E-state index in [1.54, 1.807) is 19.2 Å². The van der Waals surface area contributed by atoms with Crippen molar-refractivity contribution in [3.8, 4) is 0 Å². The van der Waals surface area contributed by atoms with Crippen molar-refractivity contribution in [2.24, 2.45) is 4.99 Å². The third-order valence-electron chi connectivity index (χ3n) is 5.71. The molecule has 6 nitrogen and oxygen atoms in total. The van der Waals surface area contributed by atoms with Gasteiger partial charge in [0.25, 0.3) is 0 Å². The van der Waals surface area contributed by atoms with Gasteiger partial charge >= 0.3 is 0 Å². The summed E-state index contributed by atoms with van der Waals surface area (Å²) in [5.74, 6) is 0.768. The Labute approximate surface area is 202 Å².